The Morgan fingerprint density at radius 3 is 2.69 bits per heavy atom. The van der Waals surface area contributed by atoms with Crippen LogP contribution in [0.2, 0.25) is 0 Å². The Morgan fingerprint density at radius 2 is 1.92 bits per heavy atom. The summed E-state index contributed by atoms with van der Waals surface area (Å²) in [5, 5.41) is 10.7. The molecule has 13 heavy (non-hydrogen) atoms. The van der Waals surface area contributed by atoms with Crippen LogP contribution < -0.4 is 0 Å². The standard InChI is InChI=1S/C11H9FO/c1-7-10(13)6-5-8-3-2-4-9(12)11(7)8/h2-6,13H,1H3. The van der Waals surface area contributed by atoms with Gasteiger partial charge in [0, 0.05) is 10.9 Å². The van der Waals surface area contributed by atoms with Gasteiger partial charge in [-0.25, -0.2) is 4.39 Å². The first-order valence-corrected chi connectivity index (χ1v) is 4.07. The van der Waals surface area contributed by atoms with Crippen LogP contribution in [0.4, 0.5) is 4.39 Å². The molecule has 2 aromatic carbocycles. The van der Waals surface area contributed by atoms with Crippen molar-refractivity contribution in [2.75, 3.05) is 0 Å². The summed E-state index contributed by atoms with van der Waals surface area (Å²) in [5.41, 5.74) is 0.593. The van der Waals surface area contributed by atoms with Gasteiger partial charge in [-0.15, -0.1) is 0 Å². The SMILES string of the molecule is Cc1c(O)ccc2cccc(F)c12. The van der Waals surface area contributed by atoms with Gasteiger partial charge in [-0.1, -0.05) is 18.2 Å². The van der Waals surface area contributed by atoms with Crippen molar-refractivity contribution in [3.63, 3.8) is 0 Å². The second kappa shape index (κ2) is 2.73. The molecule has 0 amide bonds. The number of benzene rings is 2. The van der Waals surface area contributed by atoms with Crippen LogP contribution in [0, 0.1) is 12.7 Å². The number of hydrogen-bond acceptors (Lipinski definition) is 1. The van der Waals surface area contributed by atoms with Crippen molar-refractivity contribution >= 4 is 10.8 Å². The van der Waals surface area contributed by atoms with Crippen LogP contribution in [-0.4, -0.2) is 5.11 Å². The summed E-state index contributed by atoms with van der Waals surface area (Å²) in [6, 6.07) is 8.17. The number of rotatable bonds is 0. The molecule has 2 heteroatoms. The maximum atomic E-state index is 13.3. The molecule has 0 fully saturated rings. The molecular weight excluding hydrogens is 167 g/mol. The maximum Gasteiger partial charge on any atom is 0.131 e. The molecular formula is C11H9FO. The lowest BCUT2D eigenvalue weighted by molar-refractivity contribution is 0.471. The molecule has 0 aliphatic carbocycles. The van der Waals surface area contributed by atoms with Gasteiger partial charge >= 0.3 is 0 Å². The first kappa shape index (κ1) is 8.05. The molecule has 0 bridgehead atoms. The summed E-state index contributed by atoms with van der Waals surface area (Å²) in [5.74, 6) is -0.150. The van der Waals surface area contributed by atoms with Crippen LogP contribution in [0.3, 0.4) is 0 Å². The molecule has 0 saturated carbocycles. The van der Waals surface area contributed by atoms with Crippen molar-refractivity contribution in [3.8, 4) is 5.75 Å². The third-order valence-corrected chi connectivity index (χ3v) is 2.23. The zero-order chi connectivity index (χ0) is 9.42. The summed E-state index contributed by atoms with van der Waals surface area (Å²) >= 11 is 0. The van der Waals surface area contributed by atoms with Crippen LogP contribution in [0.1, 0.15) is 5.56 Å². The van der Waals surface area contributed by atoms with E-state index < -0.39 is 0 Å². The van der Waals surface area contributed by atoms with E-state index in [2.05, 4.69) is 0 Å². The molecule has 0 aliphatic heterocycles. The van der Waals surface area contributed by atoms with Gasteiger partial charge in [-0.2, -0.15) is 0 Å². The minimum absolute atomic E-state index is 0.137. The van der Waals surface area contributed by atoms with Gasteiger partial charge in [-0.3, -0.25) is 0 Å². The predicted molar refractivity (Wildman–Crippen MR) is 50.3 cm³/mol. The Hall–Kier alpha value is -1.57. The smallest absolute Gasteiger partial charge is 0.131 e. The summed E-state index contributed by atoms with van der Waals surface area (Å²) in [7, 11) is 0. The summed E-state index contributed by atoms with van der Waals surface area (Å²) in [4.78, 5) is 0. The van der Waals surface area contributed by atoms with E-state index in [1.807, 2.05) is 6.07 Å². The Labute approximate surface area is 75.4 Å². The van der Waals surface area contributed by atoms with Crippen molar-refractivity contribution in [1.82, 2.24) is 0 Å². The predicted octanol–water partition coefficient (Wildman–Crippen LogP) is 2.99. The average molecular weight is 176 g/mol. The number of aryl methyl sites for hydroxylation is 1. The normalized spacial score (nSPS) is 10.6. The minimum Gasteiger partial charge on any atom is -0.508 e. The third kappa shape index (κ3) is 1.15. The van der Waals surface area contributed by atoms with Gasteiger partial charge < -0.3 is 5.11 Å². The fourth-order valence-corrected chi connectivity index (χ4v) is 1.50. The number of hydrogen-bond donors (Lipinski definition) is 1. The number of phenolic OH excluding ortho intramolecular Hbond substituents is 1. The highest BCUT2D eigenvalue weighted by molar-refractivity contribution is 5.87. The summed E-state index contributed by atoms with van der Waals surface area (Å²) in [6.45, 7) is 1.71. The van der Waals surface area contributed by atoms with Gasteiger partial charge in [0.2, 0.25) is 0 Å². The van der Waals surface area contributed by atoms with Gasteiger partial charge in [0.15, 0.2) is 0 Å². The Kier molecular flexibility index (Phi) is 1.69. The van der Waals surface area contributed by atoms with Crippen LogP contribution in [-0.2, 0) is 0 Å². The highest BCUT2D eigenvalue weighted by Gasteiger charge is 2.05. The molecule has 0 radical (unpaired) electrons. The molecule has 0 saturated heterocycles. The highest BCUT2D eigenvalue weighted by atomic mass is 19.1. The Balaban J connectivity index is 2.97. The molecule has 2 aromatic rings. The fourth-order valence-electron chi connectivity index (χ4n) is 1.50. The van der Waals surface area contributed by atoms with Crippen LogP contribution in [0.25, 0.3) is 10.8 Å². The maximum absolute atomic E-state index is 13.3. The molecule has 2 rings (SSSR count). The van der Waals surface area contributed by atoms with Gasteiger partial charge in [-0.05, 0) is 24.4 Å². The lowest BCUT2D eigenvalue weighted by atomic mass is 10.0. The van der Waals surface area contributed by atoms with Crippen LogP contribution in [0.5, 0.6) is 5.75 Å². The topological polar surface area (TPSA) is 20.2 Å². The van der Waals surface area contributed by atoms with E-state index in [9.17, 15) is 9.50 Å². The Morgan fingerprint density at radius 1 is 1.15 bits per heavy atom. The zero-order valence-corrected chi connectivity index (χ0v) is 7.21. The molecule has 0 spiro atoms. The first-order chi connectivity index (χ1) is 6.20. The van der Waals surface area contributed by atoms with Crippen molar-refractivity contribution < 1.29 is 9.50 Å². The monoisotopic (exact) mass is 176 g/mol. The zero-order valence-electron chi connectivity index (χ0n) is 7.21. The van der Waals surface area contributed by atoms with Crippen molar-refractivity contribution in [3.05, 3.63) is 41.7 Å². The van der Waals surface area contributed by atoms with Crippen molar-refractivity contribution in [1.29, 1.82) is 0 Å². The van der Waals surface area contributed by atoms with Crippen LogP contribution in [0.15, 0.2) is 30.3 Å². The number of phenols is 1. The van der Waals surface area contributed by atoms with Crippen LogP contribution >= 0.6 is 0 Å². The van der Waals surface area contributed by atoms with E-state index in [-0.39, 0.29) is 11.6 Å². The summed E-state index contributed by atoms with van der Waals surface area (Å²) in [6.07, 6.45) is 0. The molecule has 0 atom stereocenters. The van der Waals surface area contributed by atoms with E-state index in [0.717, 1.165) is 5.39 Å². The molecule has 66 valence electrons. The van der Waals surface area contributed by atoms with Gasteiger partial charge in [0.1, 0.15) is 11.6 Å². The van der Waals surface area contributed by atoms with E-state index >= 15 is 0 Å². The van der Waals surface area contributed by atoms with Crippen molar-refractivity contribution in [2.45, 2.75) is 6.92 Å². The second-order valence-corrected chi connectivity index (χ2v) is 3.05. The van der Waals surface area contributed by atoms with E-state index in [1.54, 1.807) is 25.1 Å². The average Bonchev–Trinajstić information content (AvgIpc) is 2.12. The number of aromatic hydroxyl groups is 1. The molecule has 0 aromatic heterocycles. The summed E-state index contributed by atoms with van der Waals surface area (Å²) < 4.78 is 13.3. The molecule has 0 heterocycles. The highest BCUT2D eigenvalue weighted by Crippen LogP contribution is 2.27. The third-order valence-electron chi connectivity index (χ3n) is 2.23. The largest absolute Gasteiger partial charge is 0.508 e. The van der Waals surface area contributed by atoms with E-state index in [0.29, 0.717) is 10.9 Å². The lowest BCUT2D eigenvalue weighted by Crippen LogP contribution is -1.83. The molecule has 1 nitrogen and oxygen atoms in total. The Bertz CT molecular complexity index is 463. The number of fused-ring (bicyclic) bond motifs is 1. The molecule has 0 aliphatic rings. The fraction of sp³-hybridized carbons (Fsp3) is 0.0909. The van der Waals surface area contributed by atoms with Gasteiger partial charge in [0.05, 0.1) is 0 Å². The van der Waals surface area contributed by atoms with E-state index in [4.69, 9.17) is 0 Å². The minimum atomic E-state index is -0.286. The number of halogens is 1. The second-order valence-electron chi connectivity index (χ2n) is 3.05. The quantitative estimate of drug-likeness (QED) is 0.654. The van der Waals surface area contributed by atoms with E-state index in [1.165, 1.54) is 6.07 Å². The van der Waals surface area contributed by atoms with Gasteiger partial charge in [0.25, 0.3) is 0 Å². The van der Waals surface area contributed by atoms with Crippen molar-refractivity contribution in [2.24, 2.45) is 0 Å². The lowest BCUT2D eigenvalue weighted by Gasteiger charge is -2.04. The molecule has 0 unspecified atom stereocenters. The molecule has 1 N–H and O–H groups in total. The first-order valence-electron chi connectivity index (χ1n) is 4.07.